The van der Waals surface area contributed by atoms with Gasteiger partial charge >= 0.3 is 0 Å². The SMILES string of the molecule is Cc1ccccc1CNC(=O)c1ccc(-c2cncnc2)nc1. The maximum atomic E-state index is 12.2. The van der Waals surface area contributed by atoms with Crippen LogP contribution in [0.3, 0.4) is 0 Å². The van der Waals surface area contributed by atoms with E-state index in [1.54, 1.807) is 30.7 Å². The fraction of sp³-hybridized carbons (Fsp3) is 0.111. The van der Waals surface area contributed by atoms with E-state index in [1.165, 1.54) is 6.33 Å². The molecule has 1 aromatic carbocycles. The summed E-state index contributed by atoms with van der Waals surface area (Å²) in [6.07, 6.45) is 6.41. The van der Waals surface area contributed by atoms with E-state index in [9.17, 15) is 4.79 Å². The highest BCUT2D eigenvalue weighted by Crippen LogP contribution is 2.14. The Hall–Kier alpha value is -3.08. The number of hydrogen-bond donors (Lipinski definition) is 1. The number of aryl methyl sites for hydroxylation is 1. The molecule has 0 aliphatic carbocycles. The van der Waals surface area contributed by atoms with Crippen molar-refractivity contribution in [2.75, 3.05) is 0 Å². The van der Waals surface area contributed by atoms with Gasteiger partial charge in [0.05, 0.1) is 11.3 Å². The number of aromatic nitrogens is 3. The number of hydrogen-bond acceptors (Lipinski definition) is 4. The van der Waals surface area contributed by atoms with Crippen molar-refractivity contribution in [1.29, 1.82) is 0 Å². The van der Waals surface area contributed by atoms with E-state index >= 15 is 0 Å². The van der Waals surface area contributed by atoms with Crippen LogP contribution in [0.4, 0.5) is 0 Å². The Balaban J connectivity index is 1.67. The van der Waals surface area contributed by atoms with Gasteiger partial charge in [0.15, 0.2) is 0 Å². The Bertz CT molecular complexity index is 801. The van der Waals surface area contributed by atoms with E-state index in [4.69, 9.17) is 0 Å². The first-order chi connectivity index (χ1) is 11.2. The van der Waals surface area contributed by atoms with E-state index in [0.29, 0.717) is 12.1 Å². The summed E-state index contributed by atoms with van der Waals surface area (Å²) in [5, 5.41) is 2.91. The molecule has 0 radical (unpaired) electrons. The lowest BCUT2D eigenvalue weighted by molar-refractivity contribution is 0.0950. The minimum atomic E-state index is -0.142. The molecule has 0 atom stereocenters. The topological polar surface area (TPSA) is 67.8 Å². The standard InChI is InChI=1S/C18H16N4O/c1-13-4-2-3-5-14(13)10-22-18(23)15-6-7-17(21-11-15)16-8-19-12-20-9-16/h2-9,11-12H,10H2,1H3,(H,22,23). The zero-order valence-electron chi connectivity index (χ0n) is 12.7. The van der Waals surface area contributed by atoms with Crippen molar-refractivity contribution in [2.45, 2.75) is 13.5 Å². The number of nitrogens with zero attached hydrogens (tertiary/aromatic N) is 3. The predicted octanol–water partition coefficient (Wildman–Crippen LogP) is 2.78. The van der Waals surface area contributed by atoms with E-state index < -0.39 is 0 Å². The van der Waals surface area contributed by atoms with Crippen LogP contribution in [0.1, 0.15) is 21.5 Å². The third-order valence-electron chi connectivity index (χ3n) is 3.58. The van der Waals surface area contributed by atoms with Gasteiger partial charge in [-0.2, -0.15) is 0 Å². The molecule has 3 rings (SSSR count). The van der Waals surface area contributed by atoms with Crippen molar-refractivity contribution in [3.8, 4) is 11.3 Å². The van der Waals surface area contributed by atoms with E-state index in [0.717, 1.165) is 22.4 Å². The summed E-state index contributed by atoms with van der Waals surface area (Å²) in [5.74, 6) is -0.142. The van der Waals surface area contributed by atoms with Crippen LogP contribution in [0.2, 0.25) is 0 Å². The maximum Gasteiger partial charge on any atom is 0.253 e. The molecule has 1 N–H and O–H groups in total. The average Bonchev–Trinajstić information content (AvgIpc) is 2.62. The van der Waals surface area contributed by atoms with Gasteiger partial charge in [0.25, 0.3) is 5.91 Å². The lowest BCUT2D eigenvalue weighted by atomic mass is 10.1. The first kappa shape index (κ1) is 14.8. The van der Waals surface area contributed by atoms with Crippen LogP contribution in [-0.4, -0.2) is 20.9 Å². The molecule has 114 valence electrons. The molecule has 0 spiro atoms. The molecule has 0 saturated carbocycles. The van der Waals surface area contributed by atoms with Crippen molar-refractivity contribution in [2.24, 2.45) is 0 Å². The van der Waals surface area contributed by atoms with Gasteiger partial charge in [0.1, 0.15) is 6.33 Å². The molecule has 5 nitrogen and oxygen atoms in total. The van der Waals surface area contributed by atoms with Gasteiger partial charge in [-0.15, -0.1) is 0 Å². The molecular formula is C18H16N4O. The largest absolute Gasteiger partial charge is 0.348 e. The quantitative estimate of drug-likeness (QED) is 0.805. The Morgan fingerprint density at radius 1 is 1.04 bits per heavy atom. The number of benzene rings is 1. The summed E-state index contributed by atoms with van der Waals surface area (Å²) >= 11 is 0. The molecule has 5 heteroatoms. The van der Waals surface area contributed by atoms with Crippen molar-refractivity contribution < 1.29 is 4.79 Å². The Labute approximate surface area is 134 Å². The van der Waals surface area contributed by atoms with E-state index in [1.807, 2.05) is 31.2 Å². The minimum absolute atomic E-state index is 0.142. The summed E-state index contributed by atoms with van der Waals surface area (Å²) in [6.45, 7) is 2.53. The van der Waals surface area contributed by atoms with E-state index in [2.05, 4.69) is 20.3 Å². The van der Waals surface area contributed by atoms with Crippen molar-refractivity contribution in [3.05, 3.63) is 78.0 Å². The van der Waals surface area contributed by atoms with Crippen LogP contribution in [0.25, 0.3) is 11.3 Å². The second-order valence-electron chi connectivity index (χ2n) is 5.17. The van der Waals surface area contributed by atoms with Crippen LogP contribution in [-0.2, 0) is 6.54 Å². The monoisotopic (exact) mass is 304 g/mol. The van der Waals surface area contributed by atoms with Gasteiger partial charge in [-0.3, -0.25) is 9.78 Å². The average molecular weight is 304 g/mol. The number of carbonyl (C=O) groups is 1. The molecule has 2 heterocycles. The van der Waals surface area contributed by atoms with Gasteiger partial charge in [-0.05, 0) is 30.2 Å². The molecule has 23 heavy (non-hydrogen) atoms. The van der Waals surface area contributed by atoms with Crippen molar-refractivity contribution in [1.82, 2.24) is 20.3 Å². The summed E-state index contributed by atoms with van der Waals surface area (Å²) in [5.41, 5.74) is 4.34. The molecule has 0 fully saturated rings. The van der Waals surface area contributed by atoms with Crippen LogP contribution >= 0.6 is 0 Å². The number of pyridine rings is 1. The fourth-order valence-electron chi connectivity index (χ4n) is 2.22. The third-order valence-corrected chi connectivity index (χ3v) is 3.58. The lowest BCUT2D eigenvalue weighted by Gasteiger charge is -2.08. The van der Waals surface area contributed by atoms with Gasteiger partial charge in [-0.25, -0.2) is 9.97 Å². The highest BCUT2D eigenvalue weighted by atomic mass is 16.1. The molecule has 0 unspecified atom stereocenters. The Kier molecular flexibility index (Phi) is 4.38. The predicted molar refractivity (Wildman–Crippen MR) is 87.6 cm³/mol. The number of carbonyl (C=O) groups excluding carboxylic acids is 1. The second kappa shape index (κ2) is 6.79. The van der Waals surface area contributed by atoms with Crippen molar-refractivity contribution in [3.63, 3.8) is 0 Å². The molecule has 0 saturated heterocycles. The highest BCUT2D eigenvalue weighted by Gasteiger charge is 2.07. The fourth-order valence-corrected chi connectivity index (χ4v) is 2.22. The van der Waals surface area contributed by atoms with Crippen LogP contribution in [0, 0.1) is 6.92 Å². The summed E-state index contributed by atoms with van der Waals surface area (Å²) in [4.78, 5) is 24.4. The van der Waals surface area contributed by atoms with E-state index in [-0.39, 0.29) is 5.91 Å². The molecule has 2 aromatic heterocycles. The molecule has 0 aliphatic heterocycles. The van der Waals surface area contributed by atoms with Gasteiger partial charge < -0.3 is 5.32 Å². The number of rotatable bonds is 4. The summed E-state index contributed by atoms with van der Waals surface area (Å²) < 4.78 is 0. The number of nitrogens with one attached hydrogen (secondary N) is 1. The van der Waals surface area contributed by atoms with Crippen molar-refractivity contribution >= 4 is 5.91 Å². The van der Waals surface area contributed by atoms with Crippen LogP contribution in [0.15, 0.2) is 61.3 Å². The molecule has 3 aromatic rings. The van der Waals surface area contributed by atoms with Gasteiger partial charge in [0.2, 0.25) is 0 Å². The maximum absolute atomic E-state index is 12.2. The second-order valence-corrected chi connectivity index (χ2v) is 5.17. The minimum Gasteiger partial charge on any atom is -0.348 e. The summed E-state index contributed by atoms with van der Waals surface area (Å²) in [7, 11) is 0. The smallest absolute Gasteiger partial charge is 0.253 e. The lowest BCUT2D eigenvalue weighted by Crippen LogP contribution is -2.23. The Morgan fingerprint density at radius 3 is 2.52 bits per heavy atom. The molecule has 0 aliphatic rings. The molecule has 0 bridgehead atoms. The van der Waals surface area contributed by atoms with Gasteiger partial charge in [-0.1, -0.05) is 24.3 Å². The van der Waals surface area contributed by atoms with Crippen LogP contribution < -0.4 is 5.32 Å². The first-order valence-electron chi connectivity index (χ1n) is 7.28. The zero-order chi connectivity index (χ0) is 16.1. The van der Waals surface area contributed by atoms with Gasteiger partial charge in [0, 0.05) is 30.7 Å². The molecular weight excluding hydrogens is 288 g/mol. The zero-order valence-corrected chi connectivity index (χ0v) is 12.7. The summed E-state index contributed by atoms with van der Waals surface area (Å²) in [6, 6.07) is 11.5. The van der Waals surface area contributed by atoms with Crippen LogP contribution in [0.5, 0.6) is 0 Å². The third kappa shape index (κ3) is 3.58. The number of amides is 1. The molecule has 1 amide bonds. The highest BCUT2D eigenvalue weighted by molar-refractivity contribution is 5.94. The first-order valence-corrected chi connectivity index (χ1v) is 7.28. The normalized spacial score (nSPS) is 10.3. The Morgan fingerprint density at radius 2 is 1.83 bits per heavy atom.